The molecule has 2 rings (SSSR count). The highest BCUT2D eigenvalue weighted by Crippen LogP contribution is 2.27. The van der Waals surface area contributed by atoms with Gasteiger partial charge in [0, 0.05) is 39.6 Å². The Kier molecular flexibility index (Phi) is 5.06. The molecule has 0 radical (unpaired) electrons. The first-order valence-corrected chi connectivity index (χ1v) is 7.70. The molecule has 0 saturated carbocycles. The molecule has 5 heteroatoms. The molecule has 0 fully saturated rings. The van der Waals surface area contributed by atoms with Crippen molar-refractivity contribution < 1.29 is 4.39 Å². The number of aryl methyl sites for hydroxylation is 2. The average molecular weight is 352 g/mol. The molecule has 0 unspecified atom stereocenters. The fourth-order valence-corrected chi connectivity index (χ4v) is 2.51. The molecule has 0 bridgehead atoms. The van der Waals surface area contributed by atoms with E-state index in [1.807, 2.05) is 13.8 Å². The monoisotopic (exact) mass is 351 g/mol. The van der Waals surface area contributed by atoms with Gasteiger partial charge in [-0.1, -0.05) is 29.8 Å². The van der Waals surface area contributed by atoms with Crippen LogP contribution in [0.25, 0.3) is 11.4 Å². The van der Waals surface area contributed by atoms with Gasteiger partial charge in [0.2, 0.25) is 0 Å². The Morgan fingerprint density at radius 3 is 2.38 bits per heavy atom. The fourth-order valence-electron chi connectivity index (χ4n) is 2.09. The summed E-state index contributed by atoms with van der Waals surface area (Å²) >= 11 is 3.43. The molecule has 0 aliphatic heterocycles. The van der Waals surface area contributed by atoms with Crippen LogP contribution in [0.3, 0.4) is 0 Å². The maximum absolute atomic E-state index is 13.4. The Hall–Kier alpha value is -1.33. The topological polar surface area (TPSA) is 37.8 Å². The average Bonchev–Trinajstić information content (AvgIpc) is 2.40. The van der Waals surface area contributed by atoms with E-state index < -0.39 is 0 Å². The van der Waals surface area contributed by atoms with Crippen LogP contribution in [0.5, 0.6) is 0 Å². The maximum atomic E-state index is 13.4. The number of halogens is 2. The van der Waals surface area contributed by atoms with Crippen LogP contribution >= 0.6 is 15.9 Å². The third-order valence-corrected chi connectivity index (χ3v) is 3.97. The molecule has 0 saturated heterocycles. The Balaban J connectivity index is 2.41. The first kappa shape index (κ1) is 16.0. The molecule has 1 N–H and O–H groups in total. The second kappa shape index (κ2) is 6.62. The number of nitrogens with one attached hydrogen (secondary N) is 1. The van der Waals surface area contributed by atoms with Crippen molar-refractivity contribution >= 4 is 15.9 Å². The highest BCUT2D eigenvalue weighted by Gasteiger charge is 2.13. The smallest absolute Gasteiger partial charge is 0.160 e. The SMILES string of the molecule is Cc1nc(-c2cc(F)ccc2Br)nc(C)c1CNC(C)C. The highest BCUT2D eigenvalue weighted by molar-refractivity contribution is 9.10. The van der Waals surface area contributed by atoms with Crippen LogP contribution in [-0.2, 0) is 6.54 Å². The summed E-state index contributed by atoms with van der Waals surface area (Å²) < 4.78 is 14.2. The van der Waals surface area contributed by atoms with E-state index in [0.717, 1.165) is 28.0 Å². The van der Waals surface area contributed by atoms with Gasteiger partial charge in [0.25, 0.3) is 0 Å². The standard InChI is InChI=1S/C16H19BrFN3/c1-9(2)19-8-14-10(3)20-16(21-11(14)4)13-7-12(18)5-6-15(13)17/h5-7,9,19H,8H2,1-4H3. The van der Waals surface area contributed by atoms with Gasteiger partial charge in [0.1, 0.15) is 5.82 Å². The van der Waals surface area contributed by atoms with Gasteiger partial charge in [-0.05, 0) is 32.0 Å². The lowest BCUT2D eigenvalue weighted by Gasteiger charge is -2.14. The van der Waals surface area contributed by atoms with Gasteiger partial charge in [-0.2, -0.15) is 0 Å². The number of benzene rings is 1. The van der Waals surface area contributed by atoms with Crippen LogP contribution in [0, 0.1) is 19.7 Å². The van der Waals surface area contributed by atoms with Crippen LogP contribution in [0.2, 0.25) is 0 Å². The summed E-state index contributed by atoms with van der Waals surface area (Å²) in [4.78, 5) is 9.07. The zero-order valence-corrected chi connectivity index (χ0v) is 14.3. The van der Waals surface area contributed by atoms with Crippen LogP contribution in [0.4, 0.5) is 4.39 Å². The Morgan fingerprint density at radius 1 is 1.19 bits per heavy atom. The Bertz CT molecular complexity index is 633. The van der Waals surface area contributed by atoms with Crippen molar-refractivity contribution in [2.75, 3.05) is 0 Å². The minimum atomic E-state index is -0.294. The Morgan fingerprint density at radius 2 is 1.81 bits per heavy atom. The number of hydrogen-bond donors (Lipinski definition) is 1. The maximum Gasteiger partial charge on any atom is 0.160 e. The molecule has 112 valence electrons. The van der Waals surface area contributed by atoms with E-state index >= 15 is 0 Å². The minimum Gasteiger partial charge on any atom is -0.310 e. The van der Waals surface area contributed by atoms with Gasteiger partial charge < -0.3 is 5.32 Å². The van der Waals surface area contributed by atoms with Gasteiger partial charge >= 0.3 is 0 Å². The second-order valence-electron chi connectivity index (χ2n) is 5.36. The molecular formula is C16H19BrFN3. The lowest BCUT2D eigenvalue weighted by molar-refractivity contribution is 0.583. The molecule has 2 aromatic rings. The molecule has 21 heavy (non-hydrogen) atoms. The van der Waals surface area contributed by atoms with E-state index in [0.29, 0.717) is 17.4 Å². The zero-order chi connectivity index (χ0) is 15.6. The Labute approximate surface area is 133 Å². The first-order valence-electron chi connectivity index (χ1n) is 6.91. The molecule has 1 aromatic heterocycles. The first-order chi connectivity index (χ1) is 9.88. The van der Waals surface area contributed by atoms with Crippen molar-refractivity contribution in [1.29, 1.82) is 0 Å². The molecule has 1 aromatic carbocycles. The summed E-state index contributed by atoms with van der Waals surface area (Å²) in [6, 6.07) is 4.94. The fraction of sp³-hybridized carbons (Fsp3) is 0.375. The van der Waals surface area contributed by atoms with E-state index in [-0.39, 0.29) is 5.82 Å². The number of rotatable bonds is 4. The molecule has 0 aliphatic rings. The summed E-state index contributed by atoms with van der Waals surface area (Å²) in [6.07, 6.45) is 0. The molecule has 0 aliphatic carbocycles. The minimum absolute atomic E-state index is 0.294. The molecule has 3 nitrogen and oxygen atoms in total. The van der Waals surface area contributed by atoms with Gasteiger partial charge in [0.15, 0.2) is 5.82 Å². The van der Waals surface area contributed by atoms with Crippen LogP contribution in [0.1, 0.15) is 30.8 Å². The van der Waals surface area contributed by atoms with E-state index in [4.69, 9.17) is 0 Å². The number of hydrogen-bond acceptors (Lipinski definition) is 3. The quantitative estimate of drug-likeness (QED) is 0.898. The van der Waals surface area contributed by atoms with Crippen molar-refractivity contribution in [3.63, 3.8) is 0 Å². The summed E-state index contributed by atoms with van der Waals surface area (Å²) in [5.41, 5.74) is 3.60. The molecule has 0 amide bonds. The van der Waals surface area contributed by atoms with Gasteiger partial charge in [-0.25, -0.2) is 14.4 Å². The lowest BCUT2D eigenvalue weighted by atomic mass is 10.1. The second-order valence-corrected chi connectivity index (χ2v) is 6.21. The van der Waals surface area contributed by atoms with Gasteiger partial charge in [0.05, 0.1) is 0 Å². The van der Waals surface area contributed by atoms with Crippen molar-refractivity contribution in [3.05, 3.63) is 45.4 Å². The van der Waals surface area contributed by atoms with E-state index in [1.165, 1.54) is 12.1 Å². The highest BCUT2D eigenvalue weighted by atomic mass is 79.9. The van der Waals surface area contributed by atoms with Crippen LogP contribution in [-0.4, -0.2) is 16.0 Å². The molecule has 1 heterocycles. The van der Waals surface area contributed by atoms with E-state index in [9.17, 15) is 4.39 Å². The van der Waals surface area contributed by atoms with E-state index in [2.05, 4.69) is 45.1 Å². The third-order valence-electron chi connectivity index (χ3n) is 3.28. The van der Waals surface area contributed by atoms with Crippen LogP contribution in [0.15, 0.2) is 22.7 Å². The summed E-state index contributed by atoms with van der Waals surface area (Å²) in [7, 11) is 0. The summed E-state index contributed by atoms with van der Waals surface area (Å²) in [5.74, 6) is 0.252. The van der Waals surface area contributed by atoms with Crippen molar-refractivity contribution in [3.8, 4) is 11.4 Å². The molecule has 0 atom stereocenters. The van der Waals surface area contributed by atoms with Crippen molar-refractivity contribution in [2.45, 2.75) is 40.3 Å². The predicted octanol–water partition coefficient (Wildman–Crippen LogP) is 4.16. The molecule has 0 spiro atoms. The lowest BCUT2D eigenvalue weighted by Crippen LogP contribution is -2.23. The largest absolute Gasteiger partial charge is 0.310 e. The zero-order valence-electron chi connectivity index (χ0n) is 12.7. The molecular weight excluding hydrogens is 333 g/mol. The number of aromatic nitrogens is 2. The van der Waals surface area contributed by atoms with Gasteiger partial charge in [-0.15, -0.1) is 0 Å². The van der Waals surface area contributed by atoms with E-state index in [1.54, 1.807) is 6.07 Å². The third kappa shape index (κ3) is 3.86. The summed E-state index contributed by atoms with van der Waals surface area (Å²) in [6.45, 7) is 8.86. The number of nitrogens with zero attached hydrogens (tertiary/aromatic N) is 2. The van der Waals surface area contributed by atoms with Crippen molar-refractivity contribution in [2.24, 2.45) is 0 Å². The predicted molar refractivity (Wildman–Crippen MR) is 86.6 cm³/mol. The van der Waals surface area contributed by atoms with Gasteiger partial charge in [-0.3, -0.25) is 0 Å². The normalized spacial score (nSPS) is 11.2. The van der Waals surface area contributed by atoms with Crippen LogP contribution < -0.4 is 5.32 Å². The summed E-state index contributed by atoms with van der Waals surface area (Å²) in [5, 5.41) is 3.37. The van der Waals surface area contributed by atoms with Crippen molar-refractivity contribution in [1.82, 2.24) is 15.3 Å².